The largest absolute Gasteiger partial charge is 0.409 e. The van der Waals surface area contributed by atoms with Crippen molar-refractivity contribution >= 4 is 27.3 Å². The first kappa shape index (κ1) is 17.0. The van der Waals surface area contributed by atoms with Crippen molar-refractivity contribution in [3.05, 3.63) is 29.3 Å². The predicted octanol–water partition coefficient (Wildman–Crippen LogP) is 0.851. The normalized spacial score (nSPS) is 13.0. The summed E-state index contributed by atoms with van der Waals surface area (Å²) in [6, 6.07) is 4.95. The second-order valence-corrected chi connectivity index (χ2v) is 7.78. The van der Waals surface area contributed by atoms with Crippen LogP contribution in [0.5, 0.6) is 0 Å². The minimum atomic E-state index is -3.59. The molecule has 7 nitrogen and oxygen atoms in total. The topological polar surface area (TPSA) is 122 Å². The molecule has 0 aliphatic rings. The Morgan fingerprint density at radius 2 is 1.95 bits per heavy atom. The molecule has 0 fully saturated rings. The van der Waals surface area contributed by atoms with Crippen LogP contribution in [0.25, 0.3) is 0 Å². The summed E-state index contributed by atoms with van der Waals surface area (Å²) in [6.07, 6.45) is 0.993. The summed E-state index contributed by atoms with van der Waals surface area (Å²) in [4.78, 5) is 12.2. The summed E-state index contributed by atoms with van der Waals surface area (Å²) in [5, 5.41) is 14.3. The molecule has 0 heterocycles. The van der Waals surface area contributed by atoms with E-state index in [0.717, 1.165) is 6.26 Å². The van der Waals surface area contributed by atoms with Crippen LogP contribution in [0.3, 0.4) is 0 Å². The van der Waals surface area contributed by atoms with Crippen molar-refractivity contribution in [1.82, 2.24) is 0 Å². The third-order valence-corrected chi connectivity index (χ3v) is 5.40. The van der Waals surface area contributed by atoms with Gasteiger partial charge in [-0.1, -0.05) is 17.3 Å². The van der Waals surface area contributed by atoms with Crippen molar-refractivity contribution in [3.63, 3.8) is 0 Å². The maximum atomic E-state index is 12.2. The molecule has 0 aromatic heterocycles. The van der Waals surface area contributed by atoms with E-state index in [1.807, 2.05) is 0 Å². The Hall–Kier alpha value is -2.09. The second kappa shape index (κ2) is 5.72. The maximum absolute atomic E-state index is 12.2. The van der Waals surface area contributed by atoms with Crippen LogP contribution in [-0.2, 0) is 14.6 Å². The Kier molecular flexibility index (Phi) is 4.62. The van der Waals surface area contributed by atoms with E-state index in [1.54, 1.807) is 25.1 Å². The summed E-state index contributed by atoms with van der Waals surface area (Å²) in [5.74, 6) is -0.858. The highest BCUT2D eigenvalue weighted by Crippen LogP contribution is 2.23. The molecule has 0 spiro atoms. The Balaban J connectivity index is 3.28. The zero-order chi connectivity index (χ0) is 16.4. The van der Waals surface area contributed by atoms with Gasteiger partial charge in [-0.15, -0.1) is 0 Å². The van der Waals surface area contributed by atoms with Crippen LogP contribution in [0, 0.1) is 6.92 Å². The summed E-state index contributed by atoms with van der Waals surface area (Å²) in [7, 11) is -3.59. The highest BCUT2D eigenvalue weighted by atomic mass is 32.2. The number of aryl methyl sites for hydroxylation is 1. The smallest absolute Gasteiger partial charge is 0.245 e. The standard InChI is InChI=1S/C13H19N3O4S/c1-8-6-5-7-9(10(8)11(14)16-18)15-12(17)13(2,3)21(4,19)20/h5-7,18H,1-4H3,(H2,14,16)(H,15,17). The summed E-state index contributed by atoms with van der Waals surface area (Å²) >= 11 is 0. The van der Waals surface area contributed by atoms with Gasteiger partial charge >= 0.3 is 0 Å². The highest BCUT2D eigenvalue weighted by molar-refractivity contribution is 7.92. The molecule has 0 unspecified atom stereocenters. The highest BCUT2D eigenvalue weighted by Gasteiger charge is 2.38. The maximum Gasteiger partial charge on any atom is 0.245 e. The number of nitrogens with one attached hydrogen (secondary N) is 1. The predicted molar refractivity (Wildman–Crippen MR) is 81.2 cm³/mol. The van der Waals surface area contributed by atoms with Gasteiger partial charge in [-0.05, 0) is 32.4 Å². The van der Waals surface area contributed by atoms with Gasteiger partial charge in [-0.3, -0.25) is 4.79 Å². The number of amides is 1. The summed E-state index contributed by atoms with van der Waals surface area (Å²) in [5.41, 5.74) is 6.91. The molecule has 21 heavy (non-hydrogen) atoms. The Bertz CT molecular complexity index is 693. The number of nitrogens with two attached hydrogens (primary N) is 1. The van der Waals surface area contributed by atoms with Crippen molar-refractivity contribution in [3.8, 4) is 0 Å². The number of hydrogen-bond acceptors (Lipinski definition) is 5. The van der Waals surface area contributed by atoms with Gasteiger partial charge in [0.1, 0.15) is 4.75 Å². The van der Waals surface area contributed by atoms with Crippen molar-refractivity contribution in [2.45, 2.75) is 25.5 Å². The van der Waals surface area contributed by atoms with E-state index in [2.05, 4.69) is 10.5 Å². The van der Waals surface area contributed by atoms with Gasteiger partial charge in [0.15, 0.2) is 15.7 Å². The zero-order valence-corrected chi connectivity index (χ0v) is 13.2. The molecule has 116 valence electrons. The number of anilines is 1. The van der Waals surface area contributed by atoms with Crippen LogP contribution < -0.4 is 11.1 Å². The van der Waals surface area contributed by atoms with E-state index in [4.69, 9.17) is 10.9 Å². The number of nitrogens with zero attached hydrogens (tertiary/aromatic N) is 1. The number of sulfone groups is 1. The van der Waals surface area contributed by atoms with Crippen LogP contribution in [0.2, 0.25) is 0 Å². The fraction of sp³-hybridized carbons (Fsp3) is 0.385. The molecular weight excluding hydrogens is 294 g/mol. The minimum Gasteiger partial charge on any atom is -0.409 e. The van der Waals surface area contributed by atoms with Crippen molar-refractivity contribution in [1.29, 1.82) is 0 Å². The van der Waals surface area contributed by atoms with Gasteiger partial charge in [-0.2, -0.15) is 0 Å². The molecule has 0 aliphatic heterocycles. The molecule has 0 saturated carbocycles. The monoisotopic (exact) mass is 313 g/mol. The quantitative estimate of drug-likeness (QED) is 0.329. The number of oxime groups is 1. The van der Waals surface area contributed by atoms with Gasteiger partial charge < -0.3 is 16.3 Å². The first-order valence-electron chi connectivity index (χ1n) is 6.11. The lowest BCUT2D eigenvalue weighted by Crippen LogP contribution is -2.44. The van der Waals surface area contributed by atoms with E-state index < -0.39 is 20.5 Å². The molecule has 0 saturated heterocycles. The van der Waals surface area contributed by atoms with E-state index in [-0.39, 0.29) is 11.5 Å². The molecule has 1 rings (SSSR count). The lowest BCUT2D eigenvalue weighted by Gasteiger charge is -2.22. The van der Waals surface area contributed by atoms with Crippen LogP contribution >= 0.6 is 0 Å². The molecule has 4 N–H and O–H groups in total. The lowest BCUT2D eigenvalue weighted by molar-refractivity contribution is -0.117. The Morgan fingerprint density at radius 1 is 1.38 bits per heavy atom. The molecule has 0 atom stereocenters. The van der Waals surface area contributed by atoms with Crippen LogP contribution in [0.4, 0.5) is 5.69 Å². The SMILES string of the molecule is Cc1cccc(NC(=O)C(C)(C)S(C)(=O)=O)c1/C(N)=N/O. The van der Waals surface area contributed by atoms with Crippen LogP contribution in [0.1, 0.15) is 25.0 Å². The van der Waals surface area contributed by atoms with Crippen LogP contribution in [-0.4, -0.2) is 36.4 Å². The van der Waals surface area contributed by atoms with E-state index >= 15 is 0 Å². The second-order valence-electron chi connectivity index (χ2n) is 5.22. The Labute approximate surface area is 123 Å². The van der Waals surface area contributed by atoms with Gasteiger partial charge in [0.2, 0.25) is 5.91 Å². The summed E-state index contributed by atoms with van der Waals surface area (Å²) in [6.45, 7) is 4.36. The van der Waals surface area contributed by atoms with E-state index in [0.29, 0.717) is 11.1 Å². The fourth-order valence-corrected chi connectivity index (χ4v) is 1.99. The summed E-state index contributed by atoms with van der Waals surface area (Å²) < 4.78 is 21.8. The molecule has 1 aromatic rings. The van der Waals surface area contributed by atoms with E-state index in [9.17, 15) is 13.2 Å². The fourth-order valence-electron chi connectivity index (χ4n) is 1.60. The number of hydrogen-bond donors (Lipinski definition) is 3. The number of benzene rings is 1. The van der Waals surface area contributed by atoms with Gasteiger partial charge in [0.05, 0.1) is 5.69 Å². The molecule has 1 amide bonds. The van der Waals surface area contributed by atoms with Gasteiger partial charge in [0, 0.05) is 11.8 Å². The third-order valence-electron chi connectivity index (χ3n) is 3.36. The zero-order valence-electron chi connectivity index (χ0n) is 12.3. The first-order valence-corrected chi connectivity index (χ1v) is 8.00. The third kappa shape index (κ3) is 3.33. The average Bonchev–Trinajstić information content (AvgIpc) is 2.36. The number of amidine groups is 1. The van der Waals surface area contributed by atoms with Crippen molar-refractivity contribution in [2.75, 3.05) is 11.6 Å². The van der Waals surface area contributed by atoms with E-state index in [1.165, 1.54) is 13.8 Å². The average molecular weight is 313 g/mol. The molecule has 0 aliphatic carbocycles. The number of carbonyl (C=O) groups is 1. The molecule has 0 radical (unpaired) electrons. The van der Waals surface area contributed by atoms with Gasteiger partial charge in [0.25, 0.3) is 0 Å². The van der Waals surface area contributed by atoms with Gasteiger partial charge in [-0.25, -0.2) is 8.42 Å². The molecular formula is C13H19N3O4S. The number of rotatable bonds is 4. The molecule has 1 aromatic carbocycles. The first-order chi connectivity index (χ1) is 9.52. The van der Waals surface area contributed by atoms with Crippen LogP contribution in [0.15, 0.2) is 23.4 Å². The number of carbonyl (C=O) groups excluding carboxylic acids is 1. The molecule has 0 bridgehead atoms. The van der Waals surface area contributed by atoms with Crippen molar-refractivity contribution in [2.24, 2.45) is 10.9 Å². The Morgan fingerprint density at radius 3 is 2.43 bits per heavy atom. The molecule has 8 heteroatoms. The lowest BCUT2D eigenvalue weighted by atomic mass is 10.0. The minimum absolute atomic E-state index is 0.166. The van der Waals surface area contributed by atoms with Crippen molar-refractivity contribution < 1.29 is 18.4 Å².